The van der Waals surface area contributed by atoms with Crippen LogP contribution in [0.2, 0.25) is 0 Å². The first kappa shape index (κ1) is 15.1. The molecule has 2 fully saturated rings. The summed E-state index contributed by atoms with van der Waals surface area (Å²) in [4.78, 5) is 23.9. The monoisotopic (exact) mass is 329 g/mol. The molecule has 4 nitrogen and oxygen atoms in total. The van der Waals surface area contributed by atoms with Gasteiger partial charge in [0.25, 0.3) is 5.91 Å². The van der Waals surface area contributed by atoms with Crippen LogP contribution in [0, 0.1) is 13.8 Å². The summed E-state index contributed by atoms with van der Waals surface area (Å²) in [7, 11) is 0. The second-order valence-electron chi connectivity index (χ2n) is 6.99. The molecule has 0 atom stereocenters. The van der Waals surface area contributed by atoms with Crippen LogP contribution in [0.1, 0.15) is 77.6 Å². The molecular formula is C18H23N3OS. The minimum Gasteiger partial charge on any atom is -0.349 e. The lowest BCUT2D eigenvalue weighted by Gasteiger charge is -2.22. The zero-order chi connectivity index (χ0) is 16.0. The summed E-state index contributed by atoms with van der Waals surface area (Å²) >= 11 is 1.53. The van der Waals surface area contributed by atoms with Crippen molar-refractivity contribution in [3.05, 3.63) is 22.0 Å². The molecule has 2 aromatic rings. The predicted molar refractivity (Wildman–Crippen MR) is 93.2 cm³/mol. The summed E-state index contributed by atoms with van der Waals surface area (Å²) in [5.74, 6) is 1.58. The van der Waals surface area contributed by atoms with E-state index < -0.39 is 0 Å². The van der Waals surface area contributed by atoms with E-state index in [0.29, 0.717) is 12.0 Å². The van der Waals surface area contributed by atoms with Crippen molar-refractivity contribution in [1.29, 1.82) is 0 Å². The number of aromatic nitrogens is 2. The molecule has 2 saturated carbocycles. The van der Waals surface area contributed by atoms with Crippen LogP contribution in [-0.2, 0) is 0 Å². The van der Waals surface area contributed by atoms with Gasteiger partial charge in [-0.15, -0.1) is 11.3 Å². The van der Waals surface area contributed by atoms with Crippen LogP contribution in [0.5, 0.6) is 0 Å². The highest BCUT2D eigenvalue weighted by Crippen LogP contribution is 2.40. The van der Waals surface area contributed by atoms with Crippen molar-refractivity contribution in [2.75, 3.05) is 0 Å². The Kier molecular flexibility index (Phi) is 3.84. The first-order valence-electron chi connectivity index (χ1n) is 8.72. The lowest BCUT2D eigenvalue weighted by atomic mass is 9.95. The number of fused-ring (bicyclic) bond motifs is 1. The van der Waals surface area contributed by atoms with Crippen LogP contribution in [0.3, 0.4) is 0 Å². The largest absolute Gasteiger partial charge is 0.349 e. The maximum Gasteiger partial charge on any atom is 0.261 e. The molecule has 2 aromatic heterocycles. The fourth-order valence-corrected chi connectivity index (χ4v) is 4.74. The SMILES string of the molecule is Cc1nc(C2CC2)nc2sc(C(=O)NC3CCCCC3)c(C)c12. The molecule has 5 heteroatoms. The average Bonchev–Trinajstić information content (AvgIpc) is 3.32. The minimum absolute atomic E-state index is 0.0739. The highest BCUT2D eigenvalue weighted by atomic mass is 32.1. The first-order chi connectivity index (χ1) is 11.1. The molecule has 122 valence electrons. The maximum absolute atomic E-state index is 12.7. The van der Waals surface area contributed by atoms with Crippen molar-refractivity contribution >= 4 is 27.5 Å². The molecule has 0 unspecified atom stereocenters. The fraction of sp³-hybridized carbons (Fsp3) is 0.611. The third kappa shape index (κ3) is 2.87. The van der Waals surface area contributed by atoms with Crippen molar-refractivity contribution in [1.82, 2.24) is 15.3 Å². The van der Waals surface area contributed by atoms with Gasteiger partial charge in [0.05, 0.1) is 10.6 Å². The van der Waals surface area contributed by atoms with Crippen LogP contribution in [-0.4, -0.2) is 21.9 Å². The van der Waals surface area contributed by atoms with Gasteiger partial charge in [-0.3, -0.25) is 4.79 Å². The summed E-state index contributed by atoms with van der Waals surface area (Å²) in [6, 6.07) is 0.343. The molecule has 0 spiro atoms. The van der Waals surface area contributed by atoms with Crippen molar-refractivity contribution in [3.63, 3.8) is 0 Å². The number of hydrogen-bond acceptors (Lipinski definition) is 4. The van der Waals surface area contributed by atoms with E-state index in [9.17, 15) is 4.79 Å². The average molecular weight is 329 g/mol. The van der Waals surface area contributed by atoms with Gasteiger partial charge in [-0.25, -0.2) is 9.97 Å². The van der Waals surface area contributed by atoms with Crippen molar-refractivity contribution in [2.24, 2.45) is 0 Å². The van der Waals surface area contributed by atoms with Gasteiger partial charge in [0, 0.05) is 17.3 Å². The summed E-state index contributed by atoms with van der Waals surface area (Å²) in [5, 5.41) is 4.31. The Morgan fingerprint density at radius 1 is 1.09 bits per heavy atom. The third-order valence-electron chi connectivity index (χ3n) is 5.08. The molecule has 2 aliphatic rings. The van der Waals surface area contributed by atoms with Crippen LogP contribution in [0.25, 0.3) is 10.2 Å². The number of aryl methyl sites for hydroxylation is 2. The highest BCUT2D eigenvalue weighted by Gasteiger charge is 2.29. The fourth-order valence-electron chi connectivity index (χ4n) is 3.60. The number of nitrogens with zero attached hydrogens (tertiary/aromatic N) is 2. The Morgan fingerprint density at radius 2 is 1.83 bits per heavy atom. The van der Waals surface area contributed by atoms with Gasteiger partial charge in [-0.2, -0.15) is 0 Å². The highest BCUT2D eigenvalue weighted by molar-refractivity contribution is 7.20. The van der Waals surface area contributed by atoms with Crippen LogP contribution in [0.4, 0.5) is 0 Å². The smallest absolute Gasteiger partial charge is 0.261 e. The summed E-state index contributed by atoms with van der Waals surface area (Å²) < 4.78 is 0. The minimum atomic E-state index is 0.0739. The lowest BCUT2D eigenvalue weighted by Crippen LogP contribution is -2.36. The van der Waals surface area contributed by atoms with Gasteiger partial charge in [0.2, 0.25) is 0 Å². The van der Waals surface area contributed by atoms with E-state index in [1.165, 1.54) is 43.4 Å². The van der Waals surface area contributed by atoms with Gasteiger partial charge < -0.3 is 5.32 Å². The van der Waals surface area contributed by atoms with E-state index in [0.717, 1.165) is 45.0 Å². The second-order valence-corrected chi connectivity index (χ2v) is 7.99. The number of carbonyl (C=O) groups excluding carboxylic acids is 1. The number of amides is 1. The number of carbonyl (C=O) groups is 1. The number of hydrogen-bond donors (Lipinski definition) is 1. The molecule has 1 amide bonds. The Labute approximate surface area is 140 Å². The van der Waals surface area contributed by atoms with Crippen molar-refractivity contribution < 1.29 is 4.79 Å². The van der Waals surface area contributed by atoms with Gasteiger partial charge in [-0.05, 0) is 45.1 Å². The second kappa shape index (κ2) is 5.86. The molecule has 4 rings (SSSR count). The molecule has 0 bridgehead atoms. The molecule has 23 heavy (non-hydrogen) atoms. The Bertz CT molecular complexity index is 757. The van der Waals surface area contributed by atoms with Crippen LogP contribution < -0.4 is 5.32 Å². The van der Waals surface area contributed by atoms with Crippen LogP contribution >= 0.6 is 11.3 Å². The summed E-state index contributed by atoms with van der Waals surface area (Å²) in [5.41, 5.74) is 2.06. The molecule has 0 saturated heterocycles. The van der Waals surface area contributed by atoms with Gasteiger partial charge >= 0.3 is 0 Å². The zero-order valence-electron chi connectivity index (χ0n) is 13.8. The summed E-state index contributed by atoms with van der Waals surface area (Å²) in [6.45, 7) is 4.07. The molecule has 0 aromatic carbocycles. The summed E-state index contributed by atoms with van der Waals surface area (Å²) in [6.07, 6.45) is 8.37. The number of nitrogens with one attached hydrogen (secondary N) is 1. The van der Waals surface area contributed by atoms with Gasteiger partial charge in [0.1, 0.15) is 10.7 Å². The third-order valence-corrected chi connectivity index (χ3v) is 6.26. The van der Waals surface area contributed by atoms with Gasteiger partial charge in [-0.1, -0.05) is 19.3 Å². The van der Waals surface area contributed by atoms with E-state index >= 15 is 0 Å². The Morgan fingerprint density at radius 3 is 2.52 bits per heavy atom. The first-order valence-corrected chi connectivity index (χ1v) is 9.53. The van der Waals surface area contributed by atoms with Crippen LogP contribution in [0.15, 0.2) is 0 Å². The molecule has 1 N–H and O–H groups in total. The molecule has 2 aliphatic carbocycles. The quantitative estimate of drug-likeness (QED) is 0.916. The van der Waals surface area contributed by atoms with E-state index in [2.05, 4.69) is 10.3 Å². The standard InChI is InChI=1S/C18H23N3OS/c1-10-14-11(2)19-16(12-8-9-12)21-18(14)23-15(10)17(22)20-13-6-4-3-5-7-13/h12-13H,3-9H2,1-2H3,(H,20,22). The van der Waals surface area contributed by atoms with E-state index in [1.54, 1.807) is 0 Å². The van der Waals surface area contributed by atoms with Crippen molar-refractivity contribution in [3.8, 4) is 0 Å². The van der Waals surface area contributed by atoms with Crippen molar-refractivity contribution in [2.45, 2.75) is 70.8 Å². The number of thiophene rings is 1. The van der Waals surface area contributed by atoms with E-state index in [4.69, 9.17) is 4.98 Å². The van der Waals surface area contributed by atoms with E-state index in [1.807, 2.05) is 13.8 Å². The van der Waals surface area contributed by atoms with Gasteiger partial charge in [0.15, 0.2) is 0 Å². The molecule has 2 heterocycles. The Balaban J connectivity index is 1.65. The Hall–Kier alpha value is -1.49. The van der Waals surface area contributed by atoms with E-state index in [-0.39, 0.29) is 5.91 Å². The normalized spacial score (nSPS) is 19.2. The topological polar surface area (TPSA) is 54.9 Å². The zero-order valence-corrected chi connectivity index (χ0v) is 14.6. The maximum atomic E-state index is 12.7. The molecule has 0 aliphatic heterocycles. The lowest BCUT2D eigenvalue weighted by molar-refractivity contribution is 0.0931. The molecule has 0 radical (unpaired) electrons. The molecular weight excluding hydrogens is 306 g/mol. The number of rotatable bonds is 3. The predicted octanol–water partition coefficient (Wildman–Crippen LogP) is 4.25.